The average molecular weight is 426 g/mol. The van der Waals surface area contributed by atoms with Crippen LogP contribution in [0.2, 0.25) is 0 Å². The van der Waals surface area contributed by atoms with Crippen molar-refractivity contribution in [3.05, 3.63) is 23.8 Å². The van der Waals surface area contributed by atoms with E-state index >= 15 is 0 Å². The van der Waals surface area contributed by atoms with Gasteiger partial charge in [0.2, 0.25) is 0 Å². The highest BCUT2D eigenvalue weighted by Gasteiger charge is 2.63. The van der Waals surface area contributed by atoms with Crippen LogP contribution in [0.1, 0.15) is 33.1 Å². The lowest BCUT2D eigenvalue weighted by molar-refractivity contribution is -0.142. The van der Waals surface area contributed by atoms with E-state index in [2.05, 4.69) is 11.4 Å². The van der Waals surface area contributed by atoms with Crippen molar-refractivity contribution in [3.8, 4) is 0 Å². The van der Waals surface area contributed by atoms with Crippen molar-refractivity contribution in [1.82, 2.24) is 0 Å². The summed E-state index contributed by atoms with van der Waals surface area (Å²) in [6, 6.07) is 0. The summed E-state index contributed by atoms with van der Waals surface area (Å²) in [5, 5.41) is 11.2. The number of Topliss-reactive ketones (excluding diaryl/α,β-unsaturated/α-hetero) is 1. The molecule has 0 aromatic rings. The van der Waals surface area contributed by atoms with Crippen LogP contribution in [0.4, 0.5) is 0 Å². The lowest BCUT2D eigenvalue weighted by atomic mass is 9.47. The SMILES string of the molecule is CC12C=CC(=O)C=C1CCC1C2[C@@H](O)C[C@@]2(C)C1CO[C@@H]2C(=O)COP(=O)(O)O. The number of hydrogen-bond donors (Lipinski definition) is 3. The maximum Gasteiger partial charge on any atom is 0.470 e. The summed E-state index contributed by atoms with van der Waals surface area (Å²) in [6.45, 7) is 3.61. The smallest absolute Gasteiger partial charge is 0.393 e. The molecule has 2 saturated carbocycles. The van der Waals surface area contributed by atoms with Gasteiger partial charge in [-0.15, -0.1) is 0 Å². The molecule has 1 aliphatic heterocycles. The van der Waals surface area contributed by atoms with E-state index in [4.69, 9.17) is 14.5 Å². The number of aliphatic hydroxyl groups excluding tert-OH is 1. The first kappa shape index (κ1) is 21.1. The largest absolute Gasteiger partial charge is 0.470 e. The fourth-order valence-electron chi connectivity index (χ4n) is 6.40. The molecule has 0 radical (unpaired) electrons. The highest BCUT2D eigenvalue weighted by atomic mass is 31.2. The Hall–Kier alpha value is -1.15. The van der Waals surface area contributed by atoms with E-state index < -0.39 is 43.3 Å². The van der Waals surface area contributed by atoms with Crippen LogP contribution in [-0.2, 0) is 23.4 Å². The molecule has 0 aromatic heterocycles. The van der Waals surface area contributed by atoms with E-state index in [-0.39, 0.29) is 23.5 Å². The molecule has 3 fully saturated rings. The van der Waals surface area contributed by atoms with Crippen LogP contribution in [-0.4, -0.2) is 51.9 Å². The molecule has 7 atom stereocenters. The van der Waals surface area contributed by atoms with Gasteiger partial charge in [0.25, 0.3) is 0 Å². The van der Waals surface area contributed by atoms with E-state index in [1.165, 1.54) is 0 Å². The molecule has 3 aliphatic carbocycles. The third kappa shape index (κ3) is 3.40. The maximum absolute atomic E-state index is 12.6. The summed E-state index contributed by atoms with van der Waals surface area (Å²) in [7, 11) is -4.75. The molecule has 0 spiro atoms. The molecular weight excluding hydrogens is 399 g/mol. The number of fused-ring (bicyclic) bond motifs is 5. The number of ether oxygens (including phenoxy) is 1. The molecule has 160 valence electrons. The van der Waals surface area contributed by atoms with Crippen molar-refractivity contribution < 1.29 is 38.3 Å². The number of carbonyl (C=O) groups excluding carboxylic acids is 2. The Bertz CT molecular complexity index is 843. The number of carbonyl (C=O) groups is 2. The molecule has 0 aromatic carbocycles. The van der Waals surface area contributed by atoms with Gasteiger partial charge in [-0.1, -0.05) is 25.5 Å². The van der Waals surface area contributed by atoms with Crippen molar-refractivity contribution in [2.24, 2.45) is 28.6 Å². The molecule has 3 N–H and O–H groups in total. The van der Waals surface area contributed by atoms with E-state index in [0.29, 0.717) is 13.0 Å². The fraction of sp³-hybridized carbons (Fsp3) is 0.700. The zero-order chi connectivity index (χ0) is 21.2. The second kappa shape index (κ2) is 6.94. The Labute approximate surface area is 169 Å². The maximum atomic E-state index is 12.6. The van der Waals surface area contributed by atoms with Crippen molar-refractivity contribution >= 4 is 19.4 Å². The summed E-state index contributed by atoms with van der Waals surface area (Å²) < 4.78 is 21.2. The molecule has 0 bridgehead atoms. The van der Waals surface area contributed by atoms with Gasteiger partial charge >= 0.3 is 7.82 Å². The van der Waals surface area contributed by atoms with E-state index in [1.807, 2.05) is 13.0 Å². The molecule has 1 heterocycles. The number of ketones is 2. The fourth-order valence-corrected chi connectivity index (χ4v) is 6.69. The standard InChI is InChI=1S/C20H27O8P/c1-19-6-5-12(21)7-11(19)3-4-13-14-9-27-18(16(23)10-28-29(24,25)26)20(14,2)8-15(22)17(13)19/h5-7,13-15,17-18,22H,3-4,8-10H2,1-2H3,(H2,24,25,26)/t13?,14?,15-,17?,18+,19?,20-/m0/s1. The van der Waals surface area contributed by atoms with Crippen LogP contribution in [0.5, 0.6) is 0 Å². The molecule has 4 unspecified atom stereocenters. The normalized spacial score (nSPS) is 44.0. The lowest BCUT2D eigenvalue weighted by Crippen LogP contribution is -2.57. The molecule has 4 rings (SSSR count). The summed E-state index contributed by atoms with van der Waals surface area (Å²) in [6.07, 6.45) is 5.52. The minimum absolute atomic E-state index is 0.0222. The van der Waals surface area contributed by atoms with Gasteiger partial charge in [0.05, 0.1) is 12.7 Å². The quantitative estimate of drug-likeness (QED) is 0.577. The topological polar surface area (TPSA) is 130 Å². The Morgan fingerprint density at radius 1 is 1.38 bits per heavy atom. The van der Waals surface area contributed by atoms with Gasteiger partial charge in [0.1, 0.15) is 12.7 Å². The molecule has 0 amide bonds. The number of aliphatic hydroxyl groups is 1. The lowest BCUT2D eigenvalue weighted by Gasteiger charge is -2.57. The first-order chi connectivity index (χ1) is 13.5. The Kier molecular flexibility index (Phi) is 5.05. The minimum atomic E-state index is -4.75. The summed E-state index contributed by atoms with van der Waals surface area (Å²) in [5.74, 6) is -0.469. The van der Waals surface area contributed by atoms with Gasteiger partial charge < -0.3 is 19.6 Å². The van der Waals surface area contributed by atoms with Crippen LogP contribution in [0.15, 0.2) is 23.8 Å². The van der Waals surface area contributed by atoms with Crippen LogP contribution in [0.25, 0.3) is 0 Å². The average Bonchev–Trinajstić information content (AvgIpc) is 2.96. The highest BCUT2D eigenvalue weighted by Crippen LogP contribution is 2.63. The first-order valence-electron chi connectivity index (χ1n) is 9.92. The van der Waals surface area contributed by atoms with Crippen molar-refractivity contribution in [1.29, 1.82) is 0 Å². The zero-order valence-corrected chi connectivity index (χ0v) is 17.4. The number of phosphoric acid groups is 1. The van der Waals surface area contributed by atoms with Gasteiger partial charge in [0, 0.05) is 16.7 Å². The second-order valence-electron chi connectivity index (χ2n) is 9.24. The van der Waals surface area contributed by atoms with Gasteiger partial charge in [0.15, 0.2) is 11.6 Å². The van der Waals surface area contributed by atoms with Gasteiger partial charge in [-0.05, 0) is 43.3 Å². The van der Waals surface area contributed by atoms with Crippen LogP contribution in [0.3, 0.4) is 0 Å². The number of rotatable bonds is 4. The van der Waals surface area contributed by atoms with Crippen LogP contribution < -0.4 is 0 Å². The number of allylic oxidation sites excluding steroid dienone is 4. The molecule has 29 heavy (non-hydrogen) atoms. The van der Waals surface area contributed by atoms with E-state index in [1.54, 1.807) is 12.2 Å². The minimum Gasteiger partial charge on any atom is -0.393 e. The Morgan fingerprint density at radius 2 is 2.10 bits per heavy atom. The summed E-state index contributed by atoms with van der Waals surface area (Å²) in [5.41, 5.74) is 0.0146. The molecule has 1 saturated heterocycles. The van der Waals surface area contributed by atoms with Crippen LogP contribution >= 0.6 is 7.82 Å². The number of hydrogen-bond acceptors (Lipinski definition) is 6. The zero-order valence-electron chi connectivity index (χ0n) is 16.5. The molecule has 4 aliphatic rings. The van der Waals surface area contributed by atoms with Gasteiger partial charge in [-0.2, -0.15) is 0 Å². The monoisotopic (exact) mass is 426 g/mol. The summed E-state index contributed by atoms with van der Waals surface area (Å²) in [4.78, 5) is 42.2. The number of phosphoric ester groups is 1. The second-order valence-corrected chi connectivity index (χ2v) is 10.5. The predicted octanol–water partition coefficient (Wildman–Crippen LogP) is 1.55. The molecule has 8 nitrogen and oxygen atoms in total. The first-order valence-corrected chi connectivity index (χ1v) is 11.5. The van der Waals surface area contributed by atoms with E-state index in [9.17, 15) is 19.3 Å². The van der Waals surface area contributed by atoms with Crippen LogP contribution in [0, 0.1) is 28.6 Å². The third-order valence-corrected chi connectivity index (χ3v) is 8.10. The van der Waals surface area contributed by atoms with Crippen molar-refractivity contribution in [2.75, 3.05) is 13.2 Å². The van der Waals surface area contributed by atoms with Gasteiger partial charge in [-0.25, -0.2) is 4.57 Å². The Balaban J connectivity index is 1.60. The molecular formula is C20H27O8P. The van der Waals surface area contributed by atoms with Crippen molar-refractivity contribution in [2.45, 2.75) is 45.3 Å². The van der Waals surface area contributed by atoms with Gasteiger partial charge in [-0.3, -0.25) is 14.1 Å². The molecule has 9 heteroatoms. The highest BCUT2D eigenvalue weighted by molar-refractivity contribution is 7.46. The third-order valence-electron chi connectivity index (χ3n) is 7.64. The summed E-state index contributed by atoms with van der Waals surface area (Å²) >= 11 is 0. The Morgan fingerprint density at radius 3 is 2.79 bits per heavy atom. The van der Waals surface area contributed by atoms with E-state index in [0.717, 1.165) is 18.4 Å². The van der Waals surface area contributed by atoms with Crippen molar-refractivity contribution in [3.63, 3.8) is 0 Å². The predicted molar refractivity (Wildman–Crippen MR) is 102 cm³/mol.